The Kier molecular flexibility index (Phi) is 2.39. The predicted octanol–water partition coefficient (Wildman–Crippen LogP) is 0.690. The molecule has 1 amide bonds. The van der Waals surface area contributed by atoms with Crippen LogP contribution in [0, 0.1) is 0 Å². The van der Waals surface area contributed by atoms with Crippen LogP contribution >= 0.6 is 0 Å². The molecule has 0 unspecified atom stereocenters. The Morgan fingerprint density at radius 2 is 2.12 bits per heavy atom. The lowest BCUT2D eigenvalue weighted by molar-refractivity contribution is 0.0907. The minimum absolute atomic E-state index is 0.0311. The van der Waals surface area contributed by atoms with E-state index in [1.54, 1.807) is 0 Å². The zero-order valence-corrected chi connectivity index (χ0v) is 9.61. The lowest BCUT2D eigenvalue weighted by Gasteiger charge is -2.17. The van der Waals surface area contributed by atoms with Crippen LogP contribution in [0.2, 0.25) is 0 Å². The second kappa shape index (κ2) is 3.80. The van der Waals surface area contributed by atoms with E-state index in [1.165, 1.54) is 0 Å². The van der Waals surface area contributed by atoms with Gasteiger partial charge < -0.3 is 15.6 Å². The standard InChI is InChI=1S/C11H16N4O2/c12-11(5-1-2-6-11)10-14-9(17-15-10)8(16)13-7-3-4-7/h7H,1-6,12H2,(H,13,16). The molecule has 17 heavy (non-hydrogen) atoms. The van der Waals surface area contributed by atoms with Crippen LogP contribution in [0.4, 0.5) is 0 Å². The Morgan fingerprint density at radius 3 is 2.76 bits per heavy atom. The molecule has 2 aliphatic rings. The zero-order chi connectivity index (χ0) is 11.9. The van der Waals surface area contributed by atoms with E-state index in [1.807, 2.05) is 0 Å². The van der Waals surface area contributed by atoms with E-state index in [0.29, 0.717) is 5.82 Å². The van der Waals surface area contributed by atoms with Gasteiger partial charge >= 0.3 is 11.8 Å². The third-order valence-corrected chi connectivity index (χ3v) is 3.47. The van der Waals surface area contributed by atoms with Crippen LogP contribution in [0.5, 0.6) is 0 Å². The van der Waals surface area contributed by atoms with Gasteiger partial charge in [0.2, 0.25) is 0 Å². The van der Waals surface area contributed by atoms with Crippen molar-refractivity contribution in [3.8, 4) is 0 Å². The van der Waals surface area contributed by atoms with Crippen molar-refractivity contribution in [1.82, 2.24) is 15.5 Å². The van der Waals surface area contributed by atoms with Crippen molar-refractivity contribution < 1.29 is 9.32 Å². The average molecular weight is 236 g/mol. The largest absolute Gasteiger partial charge is 0.345 e. The van der Waals surface area contributed by atoms with Gasteiger partial charge in [0, 0.05) is 6.04 Å². The lowest BCUT2D eigenvalue weighted by atomic mass is 9.99. The average Bonchev–Trinajstić information content (AvgIpc) is 2.84. The first-order valence-electron chi connectivity index (χ1n) is 6.11. The van der Waals surface area contributed by atoms with Gasteiger partial charge in [-0.15, -0.1) is 0 Å². The number of aromatic nitrogens is 2. The summed E-state index contributed by atoms with van der Waals surface area (Å²) in [5, 5.41) is 6.66. The molecule has 0 aliphatic heterocycles. The van der Waals surface area contributed by atoms with Gasteiger partial charge in [-0.3, -0.25) is 4.79 Å². The summed E-state index contributed by atoms with van der Waals surface area (Å²) in [7, 11) is 0. The Hall–Kier alpha value is -1.43. The van der Waals surface area contributed by atoms with Crippen molar-refractivity contribution in [3.05, 3.63) is 11.7 Å². The molecule has 0 radical (unpaired) electrons. The summed E-state index contributed by atoms with van der Waals surface area (Å²) in [4.78, 5) is 15.8. The van der Waals surface area contributed by atoms with E-state index in [9.17, 15) is 4.79 Å². The Bertz CT molecular complexity index is 432. The van der Waals surface area contributed by atoms with E-state index in [-0.39, 0.29) is 17.8 Å². The molecule has 2 fully saturated rings. The Labute approximate surface area is 98.9 Å². The van der Waals surface area contributed by atoms with Crippen molar-refractivity contribution in [3.63, 3.8) is 0 Å². The molecule has 0 saturated heterocycles. The summed E-state index contributed by atoms with van der Waals surface area (Å²) in [6.45, 7) is 0. The number of hydrogen-bond donors (Lipinski definition) is 2. The minimum atomic E-state index is -0.498. The van der Waals surface area contributed by atoms with Crippen LogP contribution in [0.1, 0.15) is 55.0 Å². The van der Waals surface area contributed by atoms with Crippen molar-refractivity contribution in [2.75, 3.05) is 0 Å². The highest BCUT2D eigenvalue weighted by Crippen LogP contribution is 2.34. The molecule has 0 spiro atoms. The summed E-state index contributed by atoms with van der Waals surface area (Å²) in [5.74, 6) is 0.215. The maximum atomic E-state index is 11.7. The van der Waals surface area contributed by atoms with Gasteiger partial charge in [-0.25, -0.2) is 0 Å². The third-order valence-electron chi connectivity index (χ3n) is 3.47. The van der Waals surface area contributed by atoms with Crippen molar-refractivity contribution in [2.45, 2.75) is 50.1 Å². The summed E-state index contributed by atoms with van der Waals surface area (Å²) in [5.41, 5.74) is 5.69. The topological polar surface area (TPSA) is 94.0 Å². The Morgan fingerprint density at radius 1 is 1.41 bits per heavy atom. The fourth-order valence-corrected chi connectivity index (χ4v) is 2.22. The number of nitrogens with zero attached hydrogens (tertiary/aromatic N) is 2. The number of carbonyl (C=O) groups excluding carboxylic acids is 1. The molecule has 2 aliphatic carbocycles. The molecule has 0 aromatic carbocycles. The first-order chi connectivity index (χ1) is 8.17. The smallest absolute Gasteiger partial charge is 0.316 e. The summed E-state index contributed by atoms with van der Waals surface area (Å²) in [6, 6.07) is 0.288. The highest BCUT2D eigenvalue weighted by molar-refractivity contribution is 5.89. The van der Waals surface area contributed by atoms with Crippen LogP contribution in [-0.2, 0) is 5.54 Å². The number of carbonyl (C=O) groups is 1. The minimum Gasteiger partial charge on any atom is -0.345 e. The number of rotatable bonds is 3. The summed E-state index contributed by atoms with van der Waals surface area (Å²) >= 11 is 0. The van der Waals surface area contributed by atoms with E-state index >= 15 is 0 Å². The van der Waals surface area contributed by atoms with Crippen LogP contribution in [0.15, 0.2) is 4.52 Å². The molecule has 92 valence electrons. The van der Waals surface area contributed by atoms with E-state index in [0.717, 1.165) is 38.5 Å². The molecular weight excluding hydrogens is 220 g/mol. The van der Waals surface area contributed by atoms with Gasteiger partial charge in [0.25, 0.3) is 0 Å². The SMILES string of the molecule is NC1(c2noc(C(=O)NC3CC3)n2)CCCC1. The molecule has 6 nitrogen and oxygen atoms in total. The van der Waals surface area contributed by atoms with Gasteiger partial charge in [0.05, 0.1) is 5.54 Å². The second-order valence-corrected chi connectivity index (χ2v) is 5.03. The number of nitrogens with one attached hydrogen (secondary N) is 1. The molecule has 0 atom stereocenters. The van der Waals surface area contributed by atoms with Crippen molar-refractivity contribution in [1.29, 1.82) is 0 Å². The van der Waals surface area contributed by atoms with Crippen LogP contribution in [0.3, 0.4) is 0 Å². The molecule has 0 bridgehead atoms. The van der Waals surface area contributed by atoms with E-state index in [4.69, 9.17) is 10.3 Å². The zero-order valence-electron chi connectivity index (χ0n) is 9.61. The molecule has 2 saturated carbocycles. The first-order valence-corrected chi connectivity index (χ1v) is 6.11. The van der Waals surface area contributed by atoms with E-state index in [2.05, 4.69) is 15.5 Å². The molecule has 3 N–H and O–H groups in total. The van der Waals surface area contributed by atoms with Gasteiger partial charge in [-0.1, -0.05) is 18.0 Å². The molecular formula is C11H16N4O2. The molecule has 1 heterocycles. The highest BCUT2D eigenvalue weighted by Gasteiger charge is 2.37. The fourth-order valence-electron chi connectivity index (χ4n) is 2.22. The van der Waals surface area contributed by atoms with Crippen LogP contribution in [-0.4, -0.2) is 22.1 Å². The summed E-state index contributed by atoms with van der Waals surface area (Å²) in [6.07, 6.45) is 5.94. The van der Waals surface area contributed by atoms with Gasteiger partial charge in [-0.2, -0.15) is 4.98 Å². The molecule has 1 aromatic heterocycles. The van der Waals surface area contributed by atoms with Crippen molar-refractivity contribution >= 4 is 5.91 Å². The number of hydrogen-bond acceptors (Lipinski definition) is 5. The molecule has 6 heteroatoms. The molecule has 3 rings (SSSR count). The van der Waals surface area contributed by atoms with Gasteiger partial charge in [0.1, 0.15) is 0 Å². The first kappa shape index (κ1) is 10.7. The monoisotopic (exact) mass is 236 g/mol. The van der Waals surface area contributed by atoms with Gasteiger partial charge in [0.15, 0.2) is 5.82 Å². The number of amides is 1. The number of nitrogens with two attached hydrogens (primary N) is 1. The third kappa shape index (κ3) is 2.04. The second-order valence-electron chi connectivity index (χ2n) is 5.03. The fraction of sp³-hybridized carbons (Fsp3) is 0.727. The van der Waals surface area contributed by atoms with Crippen LogP contribution < -0.4 is 11.1 Å². The van der Waals surface area contributed by atoms with Crippen LogP contribution in [0.25, 0.3) is 0 Å². The van der Waals surface area contributed by atoms with E-state index < -0.39 is 5.54 Å². The highest BCUT2D eigenvalue weighted by atomic mass is 16.5. The predicted molar refractivity (Wildman–Crippen MR) is 59.1 cm³/mol. The maximum absolute atomic E-state index is 11.7. The quantitative estimate of drug-likeness (QED) is 0.805. The molecule has 1 aromatic rings. The maximum Gasteiger partial charge on any atom is 0.316 e. The summed E-state index contributed by atoms with van der Waals surface area (Å²) < 4.78 is 4.98. The van der Waals surface area contributed by atoms with Crippen molar-refractivity contribution in [2.24, 2.45) is 5.73 Å². The van der Waals surface area contributed by atoms with Gasteiger partial charge in [-0.05, 0) is 25.7 Å². The normalized spacial score (nSPS) is 22.6. The lowest BCUT2D eigenvalue weighted by Crippen LogP contribution is -2.34. The Balaban J connectivity index is 1.74.